The molecule has 0 aliphatic carbocycles. The standard InChI is InChI=1S/C44H62N4/c1-11-21-23-35-41-31(17-7)27(13-3)37(45-41)25-39-29(15-5)33(19-9)43(47-39)36(24-22-12-2)44-34(20-10)30(16-6)40(48-44)26-38-28(14-4)32(18-8)42(35)46-38/h25-26,45-46H,11-24H2,1-10H3. The molecule has 48 heavy (non-hydrogen) atoms. The highest BCUT2D eigenvalue weighted by molar-refractivity contribution is 5.98. The largest absolute Gasteiger partial charge is 0.355 e. The maximum Gasteiger partial charge on any atom is 0.0726 e. The van der Waals surface area contributed by atoms with Gasteiger partial charge in [-0.25, -0.2) is 9.97 Å². The minimum absolute atomic E-state index is 0.978. The third-order valence-corrected chi connectivity index (χ3v) is 11.0. The van der Waals surface area contributed by atoms with Gasteiger partial charge in [-0.2, -0.15) is 0 Å². The third kappa shape index (κ3) is 6.25. The maximum absolute atomic E-state index is 5.60. The molecule has 2 aliphatic rings. The summed E-state index contributed by atoms with van der Waals surface area (Å²) in [6.45, 7) is 23.2. The molecule has 2 N–H and O–H groups in total. The molecule has 2 aliphatic heterocycles. The predicted octanol–water partition coefficient (Wildman–Crippen LogP) is 12.7. The summed E-state index contributed by atoms with van der Waals surface area (Å²) in [7, 11) is 0. The number of aromatic nitrogens is 4. The molecule has 0 spiro atoms. The number of nitrogens with one attached hydrogen (secondary N) is 2. The Kier molecular flexibility index (Phi) is 11.9. The van der Waals surface area contributed by atoms with Gasteiger partial charge >= 0.3 is 0 Å². The van der Waals surface area contributed by atoms with Crippen LogP contribution in [0.15, 0.2) is 12.1 Å². The number of allylic oxidation sites excluding steroid dienone is 4. The molecule has 4 nitrogen and oxygen atoms in total. The van der Waals surface area contributed by atoms with Gasteiger partial charge in [-0.15, -0.1) is 0 Å². The van der Waals surface area contributed by atoms with E-state index in [0.717, 1.165) is 94.9 Å². The fourth-order valence-electron chi connectivity index (χ4n) is 8.65. The van der Waals surface area contributed by atoms with Crippen molar-refractivity contribution in [3.63, 3.8) is 0 Å². The van der Waals surface area contributed by atoms with Gasteiger partial charge in [0.2, 0.25) is 0 Å². The zero-order valence-corrected chi connectivity index (χ0v) is 31.9. The highest BCUT2D eigenvalue weighted by Crippen LogP contribution is 2.42. The van der Waals surface area contributed by atoms with Gasteiger partial charge < -0.3 is 9.97 Å². The first-order valence-electron chi connectivity index (χ1n) is 19.7. The van der Waals surface area contributed by atoms with E-state index in [9.17, 15) is 0 Å². The molecule has 3 aromatic heterocycles. The Morgan fingerprint density at radius 1 is 0.417 bits per heavy atom. The Hall–Kier alpha value is -3.40. The van der Waals surface area contributed by atoms with E-state index in [2.05, 4.69) is 91.3 Å². The number of rotatable bonds is 14. The van der Waals surface area contributed by atoms with E-state index in [0.29, 0.717) is 0 Å². The lowest BCUT2D eigenvalue weighted by atomic mass is 9.91. The Balaban J connectivity index is 2.13. The minimum Gasteiger partial charge on any atom is -0.355 e. The lowest BCUT2D eigenvalue weighted by molar-refractivity contribution is 0.786. The van der Waals surface area contributed by atoms with Crippen LogP contribution in [0.3, 0.4) is 0 Å². The van der Waals surface area contributed by atoms with Crippen molar-refractivity contribution < 1.29 is 0 Å². The molecule has 4 heteroatoms. The van der Waals surface area contributed by atoms with Crippen LogP contribution < -0.4 is 0 Å². The zero-order valence-electron chi connectivity index (χ0n) is 31.9. The van der Waals surface area contributed by atoms with Crippen molar-refractivity contribution >= 4 is 44.4 Å². The molecule has 0 fully saturated rings. The van der Waals surface area contributed by atoms with Gasteiger partial charge in [0.1, 0.15) is 0 Å². The topological polar surface area (TPSA) is 57.4 Å². The van der Waals surface area contributed by atoms with E-state index in [4.69, 9.17) is 9.97 Å². The normalized spacial score (nSPS) is 13.4. The van der Waals surface area contributed by atoms with Crippen LogP contribution in [-0.4, -0.2) is 19.9 Å². The van der Waals surface area contributed by atoms with Gasteiger partial charge in [0.05, 0.1) is 22.8 Å². The predicted molar refractivity (Wildman–Crippen MR) is 211 cm³/mol. The quantitative estimate of drug-likeness (QED) is 0.183. The summed E-state index contributed by atoms with van der Waals surface area (Å²) in [5.74, 6) is 0. The van der Waals surface area contributed by atoms with Crippen LogP contribution in [0.1, 0.15) is 177 Å². The molecule has 8 bridgehead atoms. The van der Waals surface area contributed by atoms with Crippen molar-refractivity contribution in [2.24, 2.45) is 0 Å². The third-order valence-electron chi connectivity index (χ3n) is 11.0. The number of unbranched alkanes of at least 4 members (excludes halogenated alkanes) is 2. The highest BCUT2D eigenvalue weighted by atomic mass is 14.8. The molecule has 5 rings (SSSR count). The molecular formula is C44H62N4. The molecular weight excluding hydrogens is 585 g/mol. The Morgan fingerprint density at radius 3 is 1.12 bits per heavy atom. The van der Waals surface area contributed by atoms with Crippen molar-refractivity contribution in [1.82, 2.24) is 19.9 Å². The first-order valence-corrected chi connectivity index (χ1v) is 19.7. The van der Waals surface area contributed by atoms with Crippen molar-refractivity contribution in [1.29, 1.82) is 0 Å². The first-order chi connectivity index (χ1) is 23.4. The Morgan fingerprint density at radius 2 is 0.792 bits per heavy atom. The van der Waals surface area contributed by atoms with Crippen LogP contribution in [0, 0.1) is 0 Å². The summed E-state index contributed by atoms with van der Waals surface area (Å²) in [5, 5.41) is 0. The van der Waals surface area contributed by atoms with E-state index >= 15 is 0 Å². The molecule has 0 amide bonds. The van der Waals surface area contributed by atoms with Gasteiger partial charge in [0, 0.05) is 27.6 Å². The van der Waals surface area contributed by atoms with Crippen molar-refractivity contribution in [3.05, 3.63) is 68.3 Å². The van der Waals surface area contributed by atoms with Crippen LogP contribution in [0.2, 0.25) is 0 Å². The van der Waals surface area contributed by atoms with E-state index in [1.54, 1.807) is 0 Å². The molecule has 0 atom stereocenters. The van der Waals surface area contributed by atoms with E-state index < -0.39 is 0 Å². The van der Waals surface area contributed by atoms with Gasteiger partial charge in [-0.05, 0) is 139 Å². The number of aromatic amines is 2. The summed E-state index contributed by atoms with van der Waals surface area (Å²) in [4.78, 5) is 19.3. The average Bonchev–Trinajstić information content (AvgIpc) is 3.84. The second-order valence-electron chi connectivity index (χ2n) is 13.6. The highest BCUT2D eigenvalue weighted by Gasteiger charge is 2.27. The van der Waals surface area contributed by atoms with E-state index in [-0.39, 0.29) is 0 Å². The van der Waals surface area contributed by atoms with Crippen LogP contribution >= 0.6 is 0 Å². The summed E-state index contributed by atoms with van der Waals surface area (Å²) in [6, 6.07) is 4.80. The molecule has 0 unspecified atom stereocenters. The fourth-order valence-corrected chi connectivity index (χ4v) is 8.65. The van der Waals surface area contributed by atoms with Crippen molar-refractivity contribution in [2.75, 3.05) is 0 Å². The van der Waals surface area contributed by atoms with Gasteiger partial charge in [0.25, 0.3) is 0 Å². The van der Waals surface area contributed by atoms with Crippen LogP contribution in [0.25, 0.3) is 44.4 Å². The first kappa shape index (κ1) is 35.9. The summed E-state index contributed by atoms with van der Waals surface area (Å²) >= 11 is 0. The average molecular weight is 647 g/mol. The minimum atomic E-state index is 0.978. The Bertz CT molecular complexity index is 1750. The monoisotopic (exact) mass is 646 g/mol. The number of hydrogen-bond acceptors (Lipinski definition) is 2. The maximum atomic E-state index is 5.60. The molecule has 3 aromatic rings. The van der Waals surface area contributed by atoms with Gasteiger partial charge in [-0.1, -0.05) is 82.1 Å². The summed E-state index contributed by atoms with van der Waals surface area (Å²) < 4.78 is 0. The number of fused-ring (bicyclic) bond motifs is 8. The molecule has 0 saturated carbocycles. The second kappa shape index (κ2) is 15.9. The number of hydrogen-bond donors (Lipinski definition) is 2. The second-order valence-corrected chi connectivity index (χ2v) is 13.6. The van der Waals surface area contributed by atoms with Crippen LogP contribution in [0.5, 0.6) is 0 Å². The number of nitrogens with zero attached hydrogens (tertiary/aromatic N) is 2. The summed E-state index contributed by atoms with van der Waals surface area (Å²) in [5.41, 5.74) is 24.1. The fraction of sp³-hybridized carbons (Fsp3) is 0.545. The Labute approximate surface area is 291 Å². The molecule has 258 valence electrons. The number of aryl methyl sites for hydroxylation is 5. The SMILES string of the molecule is CCCCc1c2nc(cc3[nH]c(c(CC)c3CC)c(CCCC)c3[nH]c(cc4nc1C(CC)=C4CC)c(CC)c3CC)C(CC)=C2CC. The molecule has 0 radical (unpaired) electrons. The van der Waals surface area contributed by atoms with Crippen molar-refractivity contribution in [2.45, 2.75) is 159 Å². The van der Waals surface area contributed by atoms with Crippen molar-refractivity contribution in [3.8, 4) is 0 Å². The smallest absolute Gasteiger partial charge is 0.0726 e. The van der Waals surface area contributed by atoms with Crippen LogP contribution in [0.4, 0.5) is 0 Å². The van der Waals surface area contributed by atoms with Gasteiger partial charge in [-0.3, -0.25) is 0 Å². The lowest BCUT2D eigenvalue weighted by Crippen LogP contribution is -1.99. The molecule has 0 aromatic carbocycles. The van der Waals surface area contributed by atoms with E-state index in [1.165, 1.54) is 95.5 Å². The van der Waals surface area contributed by atoms with Crippen LogP contribution in [-0.2, 0) is 38.5 Å². The van der Waals surface area contributed by atoms with Gasteiger partial charge in [0.15, 0.2) is 0 Å². The lowest BCUT2D eigenvalue weighted by Gasteiger charge is -2.12. The van der Waals surface area contributed by atoms with E-state index in [1.807, 2.05) is 0 Å². The summed E-state index contributed by atoms with van der Waals surface area (Å²) in [6.07, 6.45) is 14.6. The zero-order chi connectivity index (χ0) is 34.5. The number of H-pyrrole nitrogens is 2. The molecule has 5 heterocycles. The molecule has 0 saturated heterocycles.